The highest BCUT2D eigenvalue weighted by Gasteiger charge is 2.74. The highest BCUT2D eigenvalue weighted by molar-refractivity contribution is 6.12. The summed E-state index contributed by atoms with van der Waals surface area (Å²) in [5.74, 6) is -1.48. The molecule has 31 heavy (non-hydrogen) atoms. The van der Waals surface area contributed by atoms with Gasteiger partial charge in [0.2, 0.25) is 10.9 Å². The van der Waals surface area contributed by atoms with Crippen molar-refractivity contribution in [3.05, 3.63) is 99.8 Å². The molecule has 3 aromatic carbocycles. The van der Waals surface area contributed by atoms with Gasteiger partial charge in [0.15, 0.2) is 11.6 Å². The predicted molar refractivity (Wildman–Crippen MR) is 112 cm³/mol. The monoisotopic (exact) mass is 436 g/mol. The summed E-state index contributed by atoms with van der Waals surface area (Å²) >= 11 is 5.20. The van der Waals surface area contributed by atoms with Crippen LogP contribution >= 0.6 is 0 Å². The van der Waals surface area contributed by atoms with Gasteiger partial charge in [0.1, 0.15) is 5.82 Å². The van der Waals surface area contributed by atoms with Crippen molar-refractivity contribution in [2.45, 2.75) is 30.7 Å². The number of hydrogen-bond donors (Lipinski definition) is 1. The number of fused-ring (bicyclic) bond motifs is 2. The molecule has 0 saturated heterocycles. The minimum absolute atomic E-state index is 0.0845. The van der Waals surface area contributed by atoms with Gasteiger partial charge in [0, 0.05) is 23.2 Å². The summed E-state index contributed by atoms with van der Waals surface area (Å²) < 4.78 is 14.3. The average Bonchev–Trinajstić information content (AvgIpc) is 3.33. The van der Waals surface area contributed by atoms with Crippen LogP contribution in [0.5, 0.6) is 0 Å². The minimum atomic E-state index is -1.02. The van der Waals surface area contributed by atoms with E-state index in [0.717, 1.165) is 10.6 Å². The molecule has 0 aromatic heterocycles. The third-order valence-electron chi connectivity index (χ3n) is 6.76. The van der Waals surface area contributed by atoms with E-state index in [1.54, 1.807) is 29.2 Å². The van der Waals surface area contributed by atoms with E-state index >= 15 is 0 Å². The normalized spacial score (nSPS) is 23.8. The van der Waals surface area contributed by atoms with Crippen molar-refractivity contribution < 1.29 is 30.7 Å². The van der Waals surface area contributed by atoms with Gasteiger partial charge in [-0.2, -0.15) is 0 Å². The standard InChI is InChI=1S/C25H19ClFNO3/c1-24(17-5-7-18(26)8-6-17)14-25(24)20-12-19(27)9-10-21(20)28(23(25)31)13-15-3-2-4-16(11-15)22(29)30/h2-12,26H,13-14H2,1H3/p+1/t24-,25+/m0/s1. The molecule has 4 nitrogen and oxygen atoms in total. The van der Waals surface area contributed by atoms with E-state index in [2.05, 4.69) is 0 Å². The number of aromatic carboxylic acids is 1. The number of nitrogens with zero attached hydrogens (tertiary/aromatic N) is 1. The lowest BCUT2D eigenvalue weighted by Gasteiger charge is -2.21. The fraction of sp³-hybridized carbons (Fsp3) is 0.200. The second kappa shape index (κ2) is 6.66. The molecule has 1 saturated carbocycles. The molecule has 0 unspecified atom stereocenters. The molecule has 1 fully saturated rings. The van der Waals surface area contributed by atoms with E-state index in [9.17, 15) is 19.1 Å². The summed E-state index contributed by atoms with van der Waals surface area (Å²) in [4.78, 5) is 26.8. The van der Waals surface area contributed by atoms with Crippen molar-refractivity contribution in [3.8, 4) is 0 Å². The highest BCUT2D eigenvalue weighted by atomic mass is 35.5. The summed E-state index contributed by atoms with van der Waals surface area (Å²) in [6.45, 7) is 2.26. The number of carbonyl (C=O) groups is 2. The summed E-state index contributed by atoms with van der Waals surface area (Å²) in [6, 6.07) is 18.6. The molecule has 1 aliphatic carbocycles. The molecular weight excluding hydrogens is 417 g/mol. The van der Waals surface area contributed by atoms with Crippen LogP contribution in [0.1, 0.15) is 40.4 Å². The SMILES string of the molecule is C[C@@]1(c2ccc([ClH+])cc2)C[C@@]12C(=O)N(Cc1cccc(C(=O)O)c1)c1ccc(F)cc12. The number of anilines is 1. The first-order chi connectivity index (χ1) is 14.8. The number of carboxylic acid groups (broad SMARTS) is 1. The van der Waals surface area contributed by atoms with E-state index in [0.29, 0.717) is 23.2 Å². The molecule has 2 atom stereocenters. The Morgan fingerprint density at radius 3 is 2.58 bits per heavy atom. The number of carboxylic acids is 1. The maximum atomic E-state index is 14.3. The molecule has 2 aliphatic rings. The quantitative estimate of drug-likeness (QED) is 0.660. The molecule has 0 bridgehead atoms. The van der Waals surface area contributed by atoms with Crippen molar-refractivity contribution in [2.24, 2.45) is 0 Å². The topological polar surface area (TPSA) is 57.6 Å². The summed E-state index contributed by atoms with van der Waals surface area (Å²) in [7, 11) is 0. The van der Waals surface area contributed by atoms with Crippen LogP contribution in [0.3, 0.4) is 0 Å². The Hall–Kier alpha value is -3.18. The van der Waals surface area contributed by atoms with Crippen molar-refractivity contribution >= 4 is 17.6 Å². The molecule has 1 heterocycles. The largest absolute Gasteiger partial charge is 0.478 e. The second-order valence-corrected chi connectivity index (χ2v) is 8.97. The molecule has 6 heteroatoms. The van der Waals surface area contributed by atoms with Gasteiger partial charge in [-0.15, -0.1) is 0 Å². The van der Waals surface area contributed by atoms with Gasteiger partial charge >= 0.3 is 5.97 Å². The summed E-state index contributed by atoms with van der Waals surface area (Å²) in [5, 5.41) is 10.0. The van der Waals surface area contributed by atoms with Crippen molar-refractivity contribution in [1.29, 1.82) is 0 Å². The molecular formula is C25H20ClFNO3+. The number of carbonyl (C=O) groups excluding carboxylic acids is 1. The van der Waals surface area contributed by atoms with Crippen molar-refractivity contribution in [3.63, 3.8) is 0 Å². The highest BCUT2D eigenvalue weighted by Crippen LogP contribution is 2.70. The fourth-order valence-corrected chi connectivity index (χ4v) is 5.18. The zero-order valence-electron chi connectivity index (χ0n) is 16.8. The number of benzene rings is 3. The number of rotatable bonds is 4. The van der Waals surface area contributed by atoms with Crippen LogP contribution in [0.15, 0.2) is 66.7 Å². The average molecular weight is 437 g/mol. The zero-order chi connectivity index (χ0) is 22.0. The zero-order valence-corrected chi connectivity index (χ0v) is 17.6. The van der Waals surface area contributed by atoms with Gasteiger partial charge in [-0.3, -0.25) is 4.79 Å². The van der Waals surface area contributed by atoms with Gasteiger partial charge in [0.05, 0.1) is 17.5 Å². The van der Waals surface area contributed by atoms with Crippen LogP contribution in [0.25, 0.3) is 0 Å². The maximum absolute atomic E-state index is 14.3. The Labute approximate surface area is 183 Å². The van der Waals surface area contributed by atoms with Gasteiger partial charge in [0.25, 0.3) is 0 Å². The first-order valence-corrected chi connectivity index (χ1v) is 10.4. The molecule has 5 rings (SSSR count). The Bertz CT molecular complexity index is 1240. The maximum Gasteiger partial charge on any atom is 0.335 e. The van der Waals surface area contributed by atoms with E-state index in [1.807, 2.05) is 31.2 Å². The molecule has 1 spiro atoms. The Morgan fingerprint density at radius 2 is 1.87 bits per heavy atom. The van der Waals surface area contributed by atoms with E-state index in [1.165, 1.54) is 18.2 Å². The van der Waals surface area contributed by atoms with Gasteiger partial charge in [-0.05, 0) is 53.4 Å². The van der Waals surface area contributed by atoms with Crippen LogP contribution in [-0.2, 0) is 22.2 Å². The number of hydrogen-bond acceptors (Lipinski definition) is 2. The number of amides is 1. The molecule has 3 aromatic rings. The number of halogens is 2. The molecule has 1 amide bonds. The predicted octanol–water partition coefficient (Wildman–Crippen LogP) is 4.37. The van der Waals surface area contributed by atoms with Crippen molar-refractivity contribution in [1.82, 2.24) is 0 Å². The van der Waals surface area contributed by atoms with Crippen LogP contribution in [0.2, 0.25) is 5.02 Å². The molecule has 0 radical (unpaired) electrons. The molecule has 1 aliphatic heterocycles. The first-order valence-electron chi connectivity index (χ1n) is 9.98. The summed E-state index contributed by atoms with van der Waals surface area (Å²) in [6.07, 6.45) is 0.581. The van der Waals surface area contributed by atoms with Crippen LogP contribution in [-0.4, -0.2) is 17.0 Å². The lowest BCUT2D eigenvalue weighted by atomic mass is 9.83. The van der Waals surface area contributed by atoms with E-state index < -0.39 is 16.8 Å². The van der Waals surface area contributed by atoms with Crippen LogP contribution in [0.4, 0.5) is 10.1 Å². The van der Waals surface area contributed by atoms with E-state index in [4.69, 9.17) is 11.6 Å². The van der Waals surface area contributed by atoms with Crippen LogP contribution in [0, 0.1) is 17.4 Å². The second-order valence-electron chi connectivity index (χ2n) is 8.50. The Balaban J connectivity index is 1.58. The smallest absolute Gasteiger partial charge is 0.335 e. The van der Waals surface area contributed by atoms with Gasteiger partial charge < -0.3 is 10.0 Å². The lowest BCUT2D eigenvalue weighted by Crippen LogP contribution is -2.35. The van der Waals surface area contributed by atoms with Crippen LogP contribution < -0.4 is 4.90 Å². The van der Waals surface area contributed by atoms with E-state index in [-0.39, 0.29) is 23.8 Å². The Morgan fingerprint density at radius 1 is 1.13 bits per heavy atom. The lowest BCUT2D eigenvalue weighted by molar-refractivity contribution is -0.288. The third kappa shape index (κ3) is 2.80. The van der Waals surface area contributed by atoms with Gasteiger partial charge in [-0.25, -0.2) is 9.18 Å². The summed E-state index contributed by atoms with van der Waals surface area (Å²) in [5.41, 5.74) is 1.94. The Kier molecular flexibility index (Phi) is 4.25. The minimum Gasteiger partial charge on any atom is -0.478 e. The molecule has 1 N–H and O–H groups in total. The fourth-order valence-electron chi connectivity index (χ4n) is 5.04. The van der Waals surface area contributed by atoms with Crippen molar-refractivity contribution in [2.75, 3.05) is 4.90 Å². The van der Waals surface area contributed by atoms with Gasteiger partial charge in [-0.1, -0.05) is 31.2 Å². The third-order valence-corrected chi connectivity index (χ3v) is 7.03. The molecule has 156 valence electrons. The first kappa shape index (κ1) is 19.8.